The molecule has 0 unspecified atom stereocenters. The Hall–Kier alpha value is -3.90. The third-order valence-electron chi connectivity index (χ3n) is 4.83. The smallest absolute Gasteiger partial charge is 0.335 e. The average Bonchev–Trinajstić information content (AvgIpc) is 2.78. The zero-order chi connectivity index (χ0) is 21.8. The van der Waals surface area contributed by atoms with Crippen molar-refractivity contribution in [3.05, 3.63) is 108 Å². The molecule has 0 heterocycles. The van der Waals surface area contributed by atoms with Crippen LogP contribution in [0.1, 0.15) is 21.5 Å². The molecule has 0 bridgehead atoms. The van der Waals surface area contributed by atoms with E-state index in [9.17, 15) is 13.2 Å². The number of carbonyl (C=O) groups is 1. The fraction of sp³-hybridized carbons (Fsp3) is 0. The third-order valence-corrected chi connectivity index (χ3v) is 6.26. The number of hydrogen-bond acceptors (Lipinski definition) is 3. The monoisotopic (exact) mass is 429 g/mol. The van der Waals surface area contributed by atoms with Gasteiger partial charge in [0.2, 0.25) is 0 Å². The van der Waals surface area contributed by atoms with E-state index in [1.165, 1.54) is 6.07 Å². The molecule has 0 aromatic heterocycles. The largest absolute Gasteiger partial charge is 0.478 e. The zero-order valence-corrected chi connectivity index (χ0v) is 17.2. The van der Waals surface area contributed by atoms with Crippen LogP contribution in [-0.2, 0) is 10.0 Å². The number of fused-ring (bicyclic) bond motifs is 1. The summed E-state index contributed by atoms with van der Waals surface area (Å²) in [4.78, 5) is 11.4. The van der Waals surface area contributed by atoms with Crippen molar-refractivity contribution in [2.45, 2.75) is 4.90 Å². The summed E-state index contributed by atoms with van der Waals surface area (Å²) in [5, 5.41) is 10.6. The van der Waals surface area contributed by atoms with Crippen LogP contribution in [0, 0.1) is 0 Å². The van der Waals surface area contributed by atoms with Crippen LogP contribution < -0.4 is 4.72 Å². The summed E-state index contributed by atoms with van der Waals surface area (Å²) >= 11 is 0. The van der Waals surface area contributed by atoms with Gasteiger partial charge in [0.25, 0.3) is 10.0 Å². The Kier molecular flexibility index (Phi) is 5.56. The Balaban J connectivity index is 1.67. The summed E-state index contributed by atoms with van der Waals surface area (Å²) in [6.45, 7) is 0. The van der Waals surface area contributed by atoms with Crippen LogP contribution in [0.4, 0.5) is 5.69 Å². The van der Waals surface area contributed by atoms with Crippen LogP contribution in [0.3, 0.4) is 0 Å². The second-order valence-corrected chi connectivity index (χ2v) is 8.58. The maximum atomic E-state index is 13.2. The van der Waals surface area contributed by atoms with Crippen LogP contribution >= 0.6 is 0 Å². The molecule has 154 valence electrons. The quantitative estimate of drug-likeness (QED) is 0.396. The molecule has 0 spiro atoms. The van der Waals surface area contributed by atoms with Gasteiger partial charge in [0.05, 0.1) is 16.1 Å². The van der Waals surface area contributed by atoms with Crippen LogP contribution in [0.25, 0.3) is 22.9 Å². The third kappa shape index (κ3) is 4.49. The molecular weight excluding hydrogens is 410 g/mol. The topological polar surface area (TPSA) is 83.5 Å². The maximum Gasteiger partial charge on any atom is 0.335 e. The number of anilines is 1. The number of benzene rings is 4. The van der Waals surface area contributed by atoms with Gasteiger partial charge in [-0.05, 0) is 40.8 Å². The lowest BCUT2D eigenvalue weighted by molar-refractivity contribution is 0.0697. The first kappa shape index (κ1) is 20.4. The van der Waals surface area contributed by atoms with Gasteiger partial charge in [0.15, 0.2) is 0 Å². The van der Waals surface area contributed by atoms with Crippen LogP contribution in [0.2, 0.25) is 0 Å². The van der Waals surface area contributed by atoms with E-state index in [1.54, 1.807) is 66.7 Å². The van der Waals surface area contributed by atoms with Gasteiger partial charge < -0.3 is 5.11 Å². The summed E-state index contributed by atoms with van der Waals surface area (Å²) < 4.78 is 29.0. The fourth-order valence-corrected chi connectivity index (χ4v) is 4.64. The molecule has 0 aliphatic heterocycles. The first-order valence-corrected chi connectivity index (χ1v) is 11.0. The minimum Gasteiger partial charge on any atom is -0.478 e. The number of para-hydroxylation sites is 1. The highest BCUT2D eigenvalue weighted by molar-refractivity contribution is 7.93. The van der Waals surface area contributed by atoms with Crippen molar-refractivity contribution in [1.82, 2.24) is 0 Å². The predicted octanol–water partition coefficient (Wildman–Crippen LogP) is 5.51. The normalized spacial score (nSPS) is 11.6. The summed E-state index contributed by atoms with van der Waals surface area (Å²) in [5.41, 5.74) is 1.98. The van der Waals surface area contributed by atoms with Crippen molar-refractivity contribution in [3.8, 4) is 0 Å². The molecule has 4 aromatic carbocycles. The average molecular weight is 429 g/mol. The molecule has 31 heavy (non-hydrogen) atoms. The number of carboxylic acid groups (broad SMARTS) is 1. The molecule has 0 radical (unpaired) electrons. The van der Waals surface area contributed by atoms with Gasteiger partial charge in [0.1, 0.15) is 0 Å². The van der Waals surface area contributed by atoms with Crippen molar-refractivity contribution in [2.75, 3.05) is 4.72 Å². The first-order chi connectivity index (χ1) is 14.9. The van der Waals surface area contributed by atoms with Gasteiger partial charge in [-0.1, -0.05) is 78.9 Å². The van der Waals surface area contributed by atoms with Crippen LogP contribution in [0.15, 0.2) is 95.9 Å². The highest BCUT2D eigenvalue weighted by Gasteiger charge is 2.18. The molecule has 6 heteroatoms. The summed E-state index contributed by atoms with van der Waals surface area (Å²) in [5.74, 6) is -1.00. The predicted molar refractivity (Wildman–Crippen MR) is 124 cm³/mol. The molecule has 0 fully saturated rings. The van der Waals surface area contributed by atoms with Crippen LogP contribution in [-0.4, -0.2) is 19.5 Å². The molecule has 0 aliphatic rings. The van der Waals surface area contributed by atoms with E-state index in [-0.39, 0.29) is 10.5 Å². The lowest BCUT2D eigenvalue weighted by Gasteiger charge is -2.12. The molecule has 4 rings (SSSR count). The SMILES string of the molecule is O=C(O)c1cccc(/C=C/c2ccccc2NS(=O)(=O)c2cccc3ccccc23)c1. The Morgan fingerprint density at radius 3 is 2.35 bits per heavy atom. The molecular formula is C25H19NO4S. The van der Waals surface area contributed by atoms with E-state index < -0.39 is 16.0 Å². The number of carboxylic acids is 1. The van der Waals surface area contributed by atoms with Crippen molar-refractivity contribution in [2.24, 2.45) is 0 Å². The van der Waals surface area contributed by atoms with Crippen molar-refractivity contribution in [1.29, 1.82) is 0 Å². The van der Waals surface area contributed by atoms with E-state index in [0.29, 0.717) is 22.2 Å². The van der Waals surface area contributed by atoms with Gasteiger partial charge in [-0.15, -0.1) is 0 Å². The van der Waals surface area contributed by atoms with E-state index in [4.69, 9.17) is 5.11 Å². The Morgan fingerprint density at radius 2 is 1.52 bits per heavy atom. The second kappa shape index (κ2) is 8.45. The van der Waals surface area contributed by atoms with Gasteiger partial charge in [0, 0.05) is 5.39 Å². The minimum absolute atomic E-state index is 0.187. The highest BCUT2D eigenvalue weighted by Crippen LogP contribution is 2.27. The molecule has 0 atom stereocenters. The highest BCUT2D eigenvalue weighted by atomic mass is 32.2. The minimum atomic E-state index is -3.82. The van der Waals surface area contributed by atoms with E-state index in [1.807, 2.05) is 30.3 Å². The molecule has 0 saturated heterocycles. The number of aromatic carboxylic acids is 1. The molecule has 5 nitrogen and oxygen atoms in total. The van der Waals surface area contributed by atoms with Crippen molar-refractivity contribution in [3.63, 3.8) is 0 Å². The first-order valence-electron chi connectivity index (χ1n) is 9.55. The number of hydrogen-bond donors (Lipinski definition) is 2. The molecule has 2 N–H and O–H groups in total. The van der Waals surface area contributed by atoms with Gasteiger partial charge in [-0.25, -0.2) is 13.2 Å². The molecule has 0 aliphatic carbocycles. The van der Waals surface area contributed by atoms with Crippen molar-refractivity contribution >= 4 is 44.6 Å². The Bertz CT molecular complexity index is 1400. The van der Waals surface area contributed by atoms with E-state index in [2.05, 4.69) is 4.72 Å². The Morgan fingerprint density at radius 1 is 0.806 bits per heavy atom. The van der Waals surface area contributed by atoms with Gasteiger partial charge in [-0.2, -0.15) is 0 Å². The number of rotatable bonds is 6. The fourth-order valence-electron chi connectivity index (χ4n) is 3.33. The van der Waals surface area contributed by atoms with E-state index >= 15 is 0 Å². The number of sulfonamides is 1. The maximum absolute atomic E-state index is 13.2. The zero-order valence-electron chi connectivity index (χ0n) is 16.4. The standard InChI is InChI=1S/C25H19NO4S/c27-25(28)21-11-5-7-18(17-21)15-16-20-9-2-4-13-23(20)26-31(29,30)24-14-6-10-19-8-1-3-12-22(19)24/h1-17,26H,(H,27,28)/b16-15+. The lowest BCUT2D eigenvalue weighted by Crippen LogP contribution is -2.14. The molecule has 0 saturated carbocycles. The second-order valence-electron chi connectivity index (χ2n) is 6.93. The Labute approximate surface area is 180 Å². The molecule has 0 amide bonds. The van der Waals surface area contributed by atoms with Crippen molar-refractivity contribution < 1.29 is 18.3 Å². The summed E-state index contributed by atoms with van der Waals surface area (Å²) in [7, 11) is -3.82. The molecule has 4 aromatic rings. The van der Waals surface area contributed by atoms with Gasteiger partial charge >= 0.3 is 5.97 Å². The number of nitrogens with one attached hydrogen (secondary N) is 1. The van der Waals surface area contributed by atoms with Gasteiger partial charge in [-0.3, -0.25) is 4.72 Å². The summed E-state index contributed by atoms with van der Waals surface area (Å²) in [6.07, 6.45) is 3.50. The lowest BCUT2D eigenvalue weighted by atomic mass is 10.1. The van der Waals surface area contributed by atoms with Crippen LogP contribution in [0.5, 0.6) is 0 Å². The summed E-state index contributed by atoms with van der Waals surface area (Å²) in [6, 6.07) is 26.1. The van der Waals surface area contributed by atoms with E-state index in [0.717, 1.165) is 5.39 Å².